The average molecular weight is 608 g/mol. The number of halogens is 1. The highest BCUT2D eigenvalue weighted by Gasteiger charge is 2.32. The van der Waals surface area contributed by atoms with Gasteiger partial charge in [-0.3, -0.25) is 4.79 Å². The Kier molecular flexibility index (Phi) is 10.6. The zero-order valence-corrected chi connectivity index (χ0v) is 25.2. The molecule has 0 aliphatic carbocycles. The second kappa shape index (κ2) is 14.6. The van der Waals surface area contributed by atoms with E-state index >= 15 is 0 Å². The van der Waals surface area contributed by atoms with Crippen molar-refractivity contribution in [1.29, 1.82) is 0 Å². The number of fused-ring (bicyclic) bond motifs is 1. The number of hydrogen-bond donors (Lipinski definition) is 4. The Morgan fingerprint density at radius 1 is 1.05 bits per heavy atom. The third kappa shape index (κ3) is 8.38. The fraction of sp³-hybridized carbons (Fsp3) is 0.344. The Labute approximate surface area is 255 Å². The van der Waals surface area contributed by atoms with Gasteiger partial charge in [0, 0.05) is 42.1 Å². The molecule has 3 atom stereocenters. The summed E-state index contributed by atoms with van der Waals surface area (Å²) in [4.78, 5) is 42.2. The Hall–Kier alpha value is -4.84. The van der Waals surface area contributed by atoms with Crippen LogP contribution in [0.2, 0.25) is 0 Å². The highest BCUT2D eigenvalue weighted by Crippen LogP contribution is 2.29. The molecular formula is C32H38FN5O6. The third-order valence-corrected chi connectivity index (χ3v) is 7.42. The van der Waals surface area contributed by atoms with Crippen molar-refractivity contribution in [3.05, 3.63) is 78.1 Å². The molecule has 1 aliphatic heterocycles. The van der Waals surface area contributed by atoms with E-state index in [0.29, 0.717) is 40.7 Å². The molecule has 234 valence electrons. The van der Waals surface area contributed by atoms with E-state index in [1.165, 1.54) is 29.2 Å². The van der Waals surface area contributed by atoms with Crippen LogP contribution in [0.4, 0.5) is 31.0 Å². The summed E-state index contributed by atoms with van der Waals surface area (Å²) in [5.74, 6) is 0.270. The van der Waals surface area contributed by atoms with Crippen LogP contribution in [-0.4, -0.2) is 78.9 Å². The fourth-order valence-electron chi connectivity index (χ4n) is 4.80. The minimum atomic E-state index is -0.533. The van der Waals surface area contributed by atoms with E-state index in [1.54, 1.807) is 68.4 Å². The van der Waals surface area contributed by atoms with Gasteiger partial charge in [0.1, 0.15) is 23.4 Å². The lowest BCUT2D eigenvalue weighted by molar-refractivity contribution is -0.134. The van der Waals surface area contributed by atoms with Gasteiger partial charge >= 0.3 is 12.1 Å². The summed E-state index contributed by atoms with van der Waals surface area (Å²) in [7, 11) is 3.18. The number of carbonyl (C=O) groups excluding carboxylic acids is 3. The number of ether oxygens (including phenoxy) is 2. The van der Waals surface area contributed by atoms with E-state index < -0.39 is 30.0 Å². The molecule has 0 saturated heterocycles. The van der Waals surface area contributed by atoms with Gasteiger partial charge in [-0.05, 0) is 73.7 Å². The molecule has 1 heterocycles. The molecule has 0 unspecified atom stereocenters. The molecule has 5 amide bonds. The van der Waals surface area contributed by atoms with Crippen molar-refractivity contribution in [2.24, 2.45) is 5.92 Å². The highest BCUT2D eigenvalue weighted by molar-refractivity contribution is 6.00. The van der Waals surface area contributed by atoms with Crippen LogP contribution in [0.3, 0.4) is 0 Å². The van der Waals surface area contributed by atoms with Crippen LogP contribution >= 0.6 is 0 Å². The van der Waals surface area contributed by atoms with Crippen LogP contribution in [0.5, 0.6) is 11.5 Å². The van der Waals surface area contributed by atoms with Gasteiger partial charge in [0.25, 0.3) is 0 Å². The predicted octanol–water partition coefficient (Wildman–Crippen LogP) is 4.79. The highest BCUT2D eigenvalue weighted by atomic mass is 19.1. The van der Waals surface area contributed by atoms with Gasteiger partial charge in [-0.25, -0.2) is 14.0 Å². The monoisotopic (exact) mass is 607 g/mol. The second-order valence-electron chi connectivity index (χ2n) is 10.8. The van der Waals surface area contributed by atoms with Crippen molar-refractivity contribution in [3.63, 3.8) is 0 Å². The maximum atomic E-state index is 13.5. The second-order valence-corrected chi connectivity index (χ2v) is 10.8. The molecule has 0 aromatic heterocycles. The smallest absolute Gasteiger partial charge is 0.323 e. The van der Waals surface area contributed by atoms with Crippen molar-refractivity contribution < 1.29 is 33.4 Å². The maximum Gasteiger partial charge on any atom is 0.323 e. The quantitative estimate of drug-likeness (QED) is 0.291. The first-order valence-corrected chi connectivity index (χ1v) is 14.3. The van der Waals surface area contributed by atoms with E-state index in [2.05, 4.69) is 16.0 Å². The van der Waals surface area contributed by atoms with Gasteiger partial charge in [-0.15, -0.1) is 0 Å². The molecule has 44 heavy (non-hydrogen) atoms. The summed E-state index contributed by atoms with van der Waals surface area (Å²) >= 11 is 0. The molecule has 0 spiro atoms. The average Bonchev–Trinajstić information content (AvgIpc) is 3.05. The summed E-state index contributed by atoms with van der Waals surface area (Å²) in [5, 5.41) is 18.2. The number of nitrogens with one attached hydrogen (secondary N) is 3. The number of nitrogens with zero attached hydrogens (tertiary/aromatic N) is 2. The number of urea groups is 2. The number of amides is 5. The standard InChI is InChI=1S/C32H38FN5O6/c1-20-17-38(21(2)19-39)30(40)16-22-15-26(35-31(41)34-24-9-12-27(43-4)13-10-24)11-14-28(22)44-29(20)18-37(3)32(42)36-25-7-5-23(33)6-8-25/h5-15,20-21,29,39H,16-19H2,1-4H3,(H,36,42)(H2,34,35,41)/t20-,21+,29+/m1/s1. The Morgan fingerprint density at radius 2 is 1.66 bits per heavy atom. The molecule has 0 saturated carbocycles. The van der Waals surface area contributed by atoms with E-state index in [-0.39, 0.29) is 31.4 Å². The van der Waals surface area contributed by atoms with Crippen LogP contribution in [0, 0.1) is 11.7 Å². The maximum absolute atomic E-state index is 13.5. The number of methoxy groups -OCH3 is 1. The van der Waals surface area contributed by atoms with Crippen LogP contribution in [0.15, 0.2) is 66.7 Å². The minimum absolute atomic E-state index is 0.0182. The van der Waals surface area contributed by atoms with E-state index in [9.17, 15) is 23.9 Å². The first-order valence-electron chi connectivity index (χ1n) is 14.3. The molecule has 0 fully saturated rings. The normalized spacial score (nSPS) is 17.1. The zero-order chi connectivity index (χ0) is 31.8. The molecule has 3 aromatic rings. The number of benzene rings is 3. The largest absolute Gasteiger partial charge is 0.497 e. The van der Waals surface area contributed by atoms with Gasteiger partial charge in [-0.1, -0.05) is 6.92 Å². The topological polar surface area (TPSA) is 132 Å². The lowest BCUT2D eigenvalue weighted by atomic mass is 10.0. The molecule has 1 aliphatic rings. The molecule has 4 rings (SSSR count). The predicted molar refractivity (Wildman–Crippen MR) is 166 cm³/mol. The summed E-state index contributed by atoms with van der Waals surface area (Å²) in [5.41, 5.74) is 2.02. The number of rotatable bonds is 8. The van der Waals surface area contributed by atoms with Gasteiger partial charge < -0.3 is 40.3 Å². The van der Waals surface area contributed by atoms with E-state index in [1.807, 2.05) is 6.92 Å². The van der Waals surface area contributed by atoms with Gasteiger partial charge in [0.15, 0.2) is 0 Å². The number of hydrogen-bond acceptors (Lipinski definition) is 6. The summed E-state index contributed by atoms with van der Waals surface area (Å²) in [6, 6.07) is 16.1. The van der Waals surface area contributed by atoms with Crippen molar-refractivity contribution in [3.8, 4) is 11.5 Å². The zero-order valence-electron chi connectivity index (χ0n) is 25.2. The first-order chi connectivity index (χ1) is 21.1. The van der Waals surface area contributed by atoms with E-state index in [4.69, 9.17) is 9.47 Å². The third-order valence-electron chi connectivity index (χ3n) is 7.42. The number of anilines is 3. The summed E-state index contributed by atoms with van der Waals surface area (Å²) in [6.07, 6.45) is -0.551. The van der Waals surface area contributed by atoms with Crippen molar-refractivity contribution in [1.82, 2.24) is 9.80 Å². The van der Waals surface area contributed by atoms with Crippen molar-refractivity contribution >= 4 is 35.0 Å². The van der Waals surface area contributed by atoms with Crippen LogP contribution in [-0.2, 0) is 11.2 Å². The number of aliphatic hydroxyl groups excluding tert-OH is 1. The molecule has 12 heteroatoms. The summed E-state index contributed by atoms with van der Waals surface area (Å²) < 4.78 is 24.9. The lowest BCUT2D eigenvalue weighted by Crippen LogP contribution is -2.48. The lowest BCUT2D eigenvalue weighted by Gasteiger charge is -2.34. The van der Waals surface area contributed by atoms with Crippen LogP contribution < -0.4 is 25.4 Å². The minimum Gasteiger partial charge on any atom is -0.497 e. The number of aliphatic hydroxyl groups is 1. The number of likely N-dealkylation sites (N-methyl/N-ethyl adjacent to an activating group) is 1. The Morgan fingerprint density at radius 3 is 2.32 bits per heavy atom. The van der Waals surface area contributed by atoms with Gasteiger partial charge in [0.05, 0.1) is 32.7 Å². The molecule has 3 aromatic carbocycles. The fourth-order valence-corrected chi connectivity index (χ4v) is 4.80. The molecule has 11 nitrogen and oxygen atoms in total. The van der Waals surface area contributed by atoms with Crippen LogP contribution in [0.25, 0.3) is 0 Å². The van der Waals surface area contributed by atoms with Crippen LogP contribution in [0.1, 0.15) is 19.4 Å². The summed E-state index contributed by atoms with van der Waals surface area (Å²) in [6.45, 7) is 3.94. The van der Waals surface area contributed by atoms with Gasteiger partial charge in [0.2, 0.25) is 5.91 Å². The van der Waals surface area contributed by atoms with Crippen molar-refractivity contribution in [2.45, 2.75) is 32.4 Å². The first kappa shape index (κ1) is 32.1. The van der Waals surface area contributed by atoms with E-state index in [0.717, 1.165) is 0 Å². The SMILES string of the molecule is COc1ccc(NC(=O)Nc2ccc3c(c2)CC(=O)N([C@@H](C)CO)C[C@@H](C)[C@H](CN(C)C(=O)Nc2ccc(F)cc2)O3)cc1. The Bertz CT molecular complexity index is 1450. The van der Waals surface area contributed by atoms with Gasteiger partial charge in [-0.2, -0.15) is 0 Å². The molecule has 0 bridgehead atoms. The molecule has 0 radical (unpaired) electrons. The number of carbonyl (C=O) groups is 3. The Balaban J connectivity index is 1.54. The molecular weight excluding hydrogens is 569 g/mol. The van der Waals surface area contributed by atoms with Crippen molar-refractivity contribution in [2.75, 3.05) is 49.8 Å². The molecule has 4 N–H and O–H groups in total.